The molecule has 0 aliphatic heterocycles. The maximum absolute atomic E-state index is 12.1. The Balaban J connectivity index is 1.92. The van der Waals surface area contributed by atoms with Gasteiger partial charge in [0, 0.05) is 27.5 Å². The largest absolute Gasteiger partial charge is 0.695 e. The Labute approximate surface area is 192 Å². The summed E-state index contributed by atoms with van der Waals surface area (Å²) in [6, 6.07) is 28.8. The predicted octanol–water partition coefficient (Wildman–Crippen LogP) is 7.49. The lowest BCUT2D eigenvalue weighted by atomic mass is 9.80. The molecule has 0 heterocycles. The Morgan fingerprint density at radius 2 is 1.26 bits per heavy atom. The average molecular weight is 470 g/mol. The van der Waals surface area contributed by atoms with Gasteiger partial charge in [-0.15, -0.1) is 9.42 Å². The van der Waals surface area contributed by atoms with Crippen LogP contribution in [0.4, 0.5) is 0 Å². The molecule has 6 heteroatoms. The van der Waals surface area contributed by atoms with E-state index >= 15 is 0 Å². The van der Waals surface area contributed by atoms with Crippen molar-refractivity contribution in [1.29, 1.82) is 0 Å². The zero-order valence-electron chi connectivity index (χ0n) is 16.5. The van der Waals surface area contributed by atoms with E-state index in [-0.39, 0.29) is 0 Å². The molecule has 0 aliphatic carbocycles. The van der Waals surface area contributed by atoms with E-state index in [0.29, 0.717) is 22.9 Å². The van der Waals surface area contributed by atoms with E-state index in [2.05, 4.69) is 0 Å². The third-order valence-corrected chi connectivity index (χ3v) is 6.35. The maximum Gasteiger partial charge on any atom is 0.695 e. The number of benzene rings is 4. The summed E-state index contributed by atoms with van der Waals surface area (Å²) >= 11 is 12.2. The highest BCUT2D eigenvalue weighted by atomic mass is 35.5. The first-order chi connectivity index (χ1) is 14.9. The van der Waals surface area contributed by atoms with Gasteiger partial charge in [-0.05, 0) is 51.7 Å². The molecule has 4 rings (SSSR count). The normalized spacial score (nSPS) is 12.2. The third-order valence-electron chi connectivity index (χ3n) is 5.34. The number of hydrogen-bond donors (Lipinski definition) is 1. The summed E-state index contributed by atoms with van der Waals surface area (Å²) in [5, 5.41) is 3.27. The molecule has 0 bridgehead atoms. The second-order valence-electron chi connectivity index (χ2n) is 7.46. The lowest BCUT2D eigenvalue weighted by molar-refractivity contribution is 0.0638. The number of rotatable bonds is 7. The molecule has 1 unspecified atom stereocenters. The molecule has 31 heavy (non-hydrogen) atoms. The molecule has 0 amide bonds. The highest BCUT2D eigenvalue weighted by Gasteiger charge is 2.43. The molecule has 0 aliphatic rings. The molecular weight excluding hydrogens is 450 g/mol. The van der Waals surface area contributed by atoms with Gasteiger partial charge in [-0.2, -0.15) is 0 Å². The van der Waals surface area contributed by atoms with Crippen molar-refractivity contribution in [3.63, 3.8) is 0 Å². The van der Waals surface area contributed by atoms with Gasteiger partial charge >= 0.3 is 8.25 Å². The van der Waals surface area contributed by atoms with Crippen LogP contribution in [0.25, 0.3) is 10.8 Å². The zero-order valence-corrected chi connectivity index (χ0v) is 18.9. The van der Waals surface area contributed by atoms with E-state index in [9.17, 15) is 9.46 Å². The van der Waals surface area contributed by atoms with E-state index in [1.807, 2.05) is 91.0 Å². The van der Waals surface area contributed by atoms with Gasteiger partial charge in [-0.25, -0.2) is 0 Å². The fourth-order valence-corrected chi connectivity index (χ4v) is 4.78. The molecule has 156 valence electrons. The molecule has 4 aromatic carbocycles. The van der Waals surface area contributed by atoms with Crippen molar-refractivity contribution in [2.24, 2.45) is 0 Å². The van der Waals surface area contributed by atoms with Crippen LogP contribution in [-0.2, 0) is 27.5 Å². The van der Waals surface area contributed by atoms with Crippen LogP contribution < -0.4 is 0 Å². The van der Waals surface area contributed by atoms with Crippen LogP contribution in [0.2, 0.25) is 10.0 Å². The van der Waals surface area contributed by atoms with Crippen molar-refractivity contribution >= 4 is 42.2 Å². The van der Waals surface area contributed by atoms with Gasteiger partial charge in [0.2, 0.25) is 0 Å². The lowest BCUT2D eigenvalue weighted by Gasteiger charge is -2.30. The van der Waals surface area contributed by atoms with Gasteiger partial charge in [0.25, 0.3) is 0 Å². The predicted molar refractivity (Wildman–Crippen MR) is 127 cm³/mol. The van der Waals surface area contributed by atoms with Crippen LogP contribution in [0, 0.1) is 0 Å². The Hall–Kier alpha value is -2.26. The minimum atomic E-state index is -2.87. The molecule has 0 aromatic heterocycles. The van der Waals surface area contributed by atoms with E-state index in [0.717, 1.165) is 27.5 Å². The summed E-state index contributed by atoms with van der Waals surface area (Å²) in [7, 11) is -2.87. The third kappa shape index (κ3) is 5.15. The highest BCUT2D eigenvalue weighted by Crippen LogP contribution is 2.43. The van der Waals surface area contributed by atoms with Crippen molar-refractivity contribution < 1.29 is 14.0 Å². The van der Waals surface area contributed by atoms with Crippen LogP contribution in [0.15, 0.2) is 91.0 Å². The number of halogens is 2. The first-order valence-electron chi connectivity index (χ1n) is 9.78. The van der Waals surface area contributed by atoms with Gasteiger partial charge in [-0.1, -0.05) is 89.9 Å². The number of fused-ring (bicyclic) bond motifs is 1. The van der Waals surface area contributed by atoms with Crippen LogP contribution in [-0.4, -0.2) is 4.89 Å². The van der Waals surface area contributed by atoms with Crippen LogP contribution in [0.1, 0.15) is 16.7 Å². The van der Waals surface area contributed by atoms with Crippen LogP contribution >= 0.6 is 31.5 Å². The summed E-state index contributed by atoms with van der Waals surface area (Å²) in [6.45, 7) is 0. The maximum atomic E-state index is 12.1. The molecule has 4 aromatic rings. The summed E-state index contributed by atoms with van der Waals surface area (Å²) in [5.41, 5.74) is 1.67. The Morgan fingerprint density at radius 1 is 0.742 bits per heavy atom. The second-order valence-corrected chi connectivity index (χ2v) is 8.99. The Kier molecular flexibility index (Phi) is 6.71. The van der Waals surface area contributed by atoms with Crippen molar-refractivity contribution in [2.45, 2.75) is 18.4 Å². The molecule has 0 saturated carbocycles. The fourth-order valence-electron chi connectivity index (χ4n) is 4.00. The molecule has 0 radical (unpaired) electrons. The number of hydrogen-bond acceptors (Lipinski definition) is 2. The lowest BCUT2D eigenvalue weighted by Crippen LogP contribution is -2.33. The van der Waals surface area contributed by atoms with Crippen molar-refractivity contribution in [1.82, 2.24) is 0 Å². The molecule has 1 N–H and O–H groups in total. The molecule has 3 nitrogen and oxygen atoms in total. The second kappa shape index (κ2) is 9.48. The smallest absolute Gasteiger partial charge is 0.133 e. The van der Waals surface area contributed by atoms with Crippen molar-refractivity contribution in [3.05, 3.63) is 118 Å². The molecule has 1 atom stereocenters. The summed E-state index contributed by atoms with van der Waals surface area (Å²) in [5.74, 6) is 0. The molecule has 0 fully saturated rings. The zero-order chi connectivity index (χ0) is 21.8. The standard InChI is InChI=1S/C25H19Cl2O3P/c26-21-12-8-18(9-13-21)16-25(30-31(28)29,17-19-10-14-22(27)15-11-19)24-7-3-5-20-4-1-2-6-23(20)24/h1-15H,16-17H2/p+1. The van der Waals surface area contributed by atoms with E-state index in [4.69, 9.17) is 27.7 Å². The Morgan fingerprint density at radius 3 is 1.81 bits per heavy atom. The van der Waals surface area contributed by atoms with E-state index < -0.39 is 13.9 Å². The summed E-state index contributed by atoms with van der Waals surface area (Å²) in [4.78, 5) is 9.91. The highest BCUT2D eigenvalue weighted by molar-refractivity contribution is 7.32. The summed E-state index contributed by atoms with van der Waals surface area (Å²) in [6.07, 6.45) is 0.783. The SMILES string of the molecule is O=[P+](O)OC(Cc1ccc(Cl)cc1)(Cc1ccc(Cl)cc1)c1cccc2ccccc12. The quantitative estimate of drug-likeness (QED) is 0.285. The van der Waals surface area contributed by atoms with Crippen LogP contribution in [0.5, 0.6) is 0 Å². The average Bonchev–Trinajstić information content (AvgIpc) is 2.76. The van der Waals surface area contributed by atoms with E-state index in [1.165, 1.54) is 0 Å². The molecular formula is C25H20Cl2O3P+. The minimum absolute atomic E-state index is 0.391. The van der Waals surface area contributed by atoms with Gasteiger partial charge < -0.3 is 0 Å². The van der Waals surface area contributed by atoms with Gasteiger partial charge in [0.05, 0.1) is 0 Å². The minimum Gasteiger partial charge on any atom is -0.133 e. The summed E-state index contributed by atoms with van der Waals surface area (Å²) < 4.78 is 18.0. The van der Waals surface area contributed by atoms with Gasteiger partial charge in [0.1, 0.15) is 0 Å². The molecule has 0 saturated heterocycles. The fraction of sp³-hybridized carbons (Fsp3) is 0.120. The van der Waals surface area contributed by atoms with E-state index in [1.54, 1.807) is 0 Å². The van der Waals surface area contributed by atoms with Gasteiger partial charge in [0.15, 0.2) is 5.60 Å². The monoisotopic (exact) mass is 469 g/mol. The first-order valence-corrected chi connectivity index (χ1v) is 11.7. The molecule has 0 spiro atoms. The van der Waals surface area contributed by atoms with Gasteiger partial charge in [-0.3, -0.25) is 0 Å². The Bertz CT molecular complexity index is 1150. The van der Waals surface area contributed by atoms with Crippen molar-refractivity contribution in [2.75, 3.05) is 0 Å². The topological polar surface area (TPSA) is 46.5 Å². The van der Waals surface area contributed by atoms with Crippen molar-refractivity contribution in [3.8, 4) is 0 Å². The first kappa shape index (κ1) is 22.0. The van der Waals surface area contributed by atoms with Crippen LogP contribution in [0.3, 0.4) is 0 Å².